The number of amides is 1. The van der Waals surface area contributed by atoms with Crippen molar-refractivity contribution < 1.29 is 32.6 Å². The van der Waals surface area contributed by atoms with Gasteiger partial charge in [0.05, 0.1) is 5.56 Å². The van der Waals surface area contributed by atoms with Crippen molar-refractivity contribution in [3.63, 3.8) is 0 Å². The van der Waals surface area contributed by atoms with E-state index in [-0.39, 0.29) is 17.9 Å². The fourth-order valence-electron chi connectivity index (χ4n) is 1.36. The predicted octanol–water partition coefficient (Wildman–Crippen LogP) is 2.67. The number of rotatable bonds is 6. The SMILES string of the molecule is C=CCOC(=O)NC(Cc1cc(C(F)(F)F)cs1)C(=O)O. The molecule has 5 nitrogen and oxygen atoms in total. The quantitative estimate of drug-likeness (QED) is 0.789. The van der Waals surface area contributed by atoms with Gasteiger partial charge in [-0.05, 0) is 6.07 Å². The van der Waals surface area contributed by atoms with Gasteiger partial charge >= 0.3 is 18.2 Å². The normalized spacial score (nSPS) is 12.5. The number of carboxylic acids is 1. The molecule has 1 amide bonds. The van der Waals surface area contributed by atoms with Crippen molar-refractivity contribution in [3.05, 3.63) is 34.5 Å². The van der Waals surface area contributed by atoms with Crippen LogP contribution in [0.15, 0.2) is 24.1 Å². The number of halogens is 3. The highest BCUT2D eigenvalue weighted by atomic mass is 32.1. The molecular formula is C12H12F3NO4S. The summed E-state index contributed by atoms with van der Waals surface area (Å²) >= 11 is 0.775. The molecule has 9 heteroatoms. The molecule has 2 N–H and O–H groups in total. The molecule has 0 bridgehead atoms. The van der Waals surface area contributed by atoms with Gasteiger partial charge in [-0.2, -0.15) is 13.2 Å². The molecule has 1 aromatic rings. The minimum absolute atomic E-state index is 0.102. The Hall–Kier alpha value is -2.03. The summed E-state index contributed by atoms with van der Waals surface area (Å²) in [4.78, 5) is 22.5. The van der Waals surface area contributed by atoms with Gasteiger partial charge in [0.2, 0.25) is 0 Å². The number of nitrogens with one attached hydrogen (secondary N) is 1. The van der Waals surface area contributed by atoms with Crippen molar-refractivity contribution in [2.75, 3.05) is 6.61 Å². The molecule has 21 heavy (non-hydrogen) atoms. The molecule has 0 aliphatic rings. The molecule has 0 fully saturated rings. The lowest BCUT2D eigenvalue weighted by Crippen LogP contribution is -2.42. The summed E-state index contributed by atoms with van der Waals surface area (Å²) in [5.74, 6) is -1.37. The Balaban J connectivity index is 2.70. The van der Waals surface area contributed by atoms with E-state index in [1.165, 1.54) is 6.08 Å². The molecule has 1 unspecified atom stereocenters. The van der Waals surface area contributed by atoms with Crippen LogP contribution in [0.3, 0.4) is 0 Å². The minimum Gasteiger partial charge on any atom is -0.480 e. The minimum atomic E-state index is -4.48. The first kappa shape index (κ1) is 17.0. The van der Waals surface area contributed by atoms with E-state index in [0.29, 0.717) is 0 Å². The van der Waals surface area contributed by atoms with Crippen molar-refractivity contribution in [2.45, 2.75) is 18.6 Å². The van der Waals surface area contributed by atoms with Gasteiger partial charge in [0.15, 0.2) is 0 Å². The molecule has 0 saturated heterocycles. The molecule has 0 saturated carbocycles. The Bertz CT molecular complexity index is 527. The monoisotopic (exact) mass is 323 g/mol. The zero-order valence-corrected chi connectivity index (χ0v) is 11.5. The number of hydrogen-bond acceptors (Lipinski definition) is 4. The number of carbonyl (C=O) groups excluding carboxylic acids is 1. The average molecular weight is 323 g/mol. The summed E-state index contributed by atoms with van der Waals surface area (Å²) in [7, 11) is 0. The number of hydrogen-bond donors (Lipinski definition) is 2. The topological polar surface area (TPSA) is 75.6 Å². The van der Waals surface area contributed by atoms with Gasteiger partial charge in [-0.15, -0.1) is 11.3 Å². The van der Waals surface area contributed by atoms with Crippen LogP contribution >= 0.6 is 11.3 Å². The maximum atomic E-state index is 12.4. The number of aliphatic carboxylic acids is 1. The maximum Gasteiger partial charge on any atom is 0.417 e. The maximum absolute atomic E-state index is 12.4. The number of carboxylic acid groups (broad SMARTS) is 1. The number of thiophene rings is 1. The number of carbonyl (C=O) groups is 2. The molecule has 1 aromatic heterocycles. The molecule has 1 rings (SSSR count). The third-order valence-corrected chi connectivity index (χ3v) is 3.27. The van der Waals surface area contributed by atoms with Crippen molar-refractivity contribution in [1.82, 2.24) is 5.32 Å². The van der Waals surface area contributed by atoms with Crippen LogP contribution in [0.4, 0.5) is 18.0 Å². The zero-order valence-electron chi connectivity index (χ0n) is 10.6. The first-order valence-electron chi connectivity index (χ1n) is 5.65. The van der Waals surface area contributed by atoms with Gasteiger partial charge in [0.25, 0.3) is 0 Å². The predicted molar refractivity (Wildman–Crippen MR) is 69.1 cm³/mol. The lowest BCUT2D eigenvalue weighted by atomic mass is 10.1. The van der Waals surface area contributed by atoms with E-state index < -0.39 is 29.8 Å². The second-order valence-electron chi connectivity index (χ2n) is 3.93. The van der Waals surface area contributed by atoms with E-state index in [1.807, 2.05) is 0 Å². The Morgan fingerprint density at radius 2 is 2.19 bits per heavy atom. The fraction of sp³-hybridized carbons (Fsp3) is 0.333. The Kier molecular flexibility index (Phi) is 5.77. The summed E-state index contributed by atoms with van der Waals surface area (Å²) in [5.41, 5.74) is -0.846. The Labute approximate surface area is 122 Å². The van der Waals surface area contributed by atoms with Crippen molar-refractivity contribution in [3.8, 4) is 0 Å². The van der Waals surface area contributed by atoms with Crippen LogP contribution in [0.5, 0.6) is 0 Å². The van der Waals surface area contributed by atoms with Gasteiger partial charge in [0.1, 0.15) is 12.6 Å². The Morgan fingerprint density at radius 3 is 2.67 bits per heavy atom. The third-order valence-electron chi connectivity index (χ3n) is 2.31. The van der Waals surface area contributed by atoms with Crippen LogP contribution in [0.25, 0.3) is 0 Å². The van der Waals surface area contributed by atoms with E-state index in [0.717, 1.165) is 22.8 Å². The highest BCUT2D eigenvalue weighted by Crippen LogP contribution is 2.32. The molecule has 0 aliphatic carbocycles. The molecule has 1 heterocycles. The average Bonchev–Trinajstić information content (AvgIpc) is 2.84. The summed E-state index contributed by atoms with van der Waals surface area (Å²) in [6.45, 7) is 3.21. The van der Waals surface area contributed by atoms with Crippen LogP contribution in [0.2, 0.25) is 0 Å². The van der Waals surface area contributed by atoms with Crippen molar-refractivity contribution in [1.29, 1.82) is 0 Å². The molecule has 0 aliphatic heterocycles. The lowest BCUT2D eigenvalue weighted by Gasteiger charge is -2.13. The molecular weight excluding hydrogens is 311 g/mol. The van der Waals surface area contributed by atoms with E-state index in [2.05, 4.69) is 16.6 Å². The number of alkyl halides is 3. The van der Waals surface area contributed by atoms with Crippen LogP contribution < -0.4 is 5.32 Å². The molecule has 0 spiro atoms. The van der Waals surface area contributed by atoms with Gasteiger partial charge in [-0.1, -0.05) is 12.7 Å². The van der Waals surface area contributed by atoms with Crippen LogP contribution in [-0.2, 0) is 22.1 Å². The van der Waals surface area contributed by atoms with Gasteiger partial charge in [0, 0.05) is 16.7 Å². The second kappa shape index (κ2) is 7.11. The molecule has 1 atom stereocenters. The lowest BCUT2D eigenvalue weighted by molar-refractivity contribution is -0.139. The van der Waals surface area contributed by atoms with Crippen LogP contribution in [-0.4, -0.2) is 29.8 Å². The third kappa shape index (κ3) is 5.46. The molecule has 116 valence electrons. The van der Waals surface area contributed by atoms with E-state index in [1.54, 1.807) is 0 Å². The second-order valence-corrected chi connectivity index (χ2v) is 4.92. The summed E-state index contributed by atoms with van der Waals surface area (Å²) in [6, 6.07) is -0.515. The molecule has 0 aromatic carbocycles. The number of alkyl carbamates (subject to hydrolysis) is 1. The van der Waals surface area contributed by atoms with Crippen molar-refractivity contribution >= 4 is 23.4 Å². The summed E-state index contributed by atoms with van der Waals surface area (Å²) in [5, 5.41) is 11.9. The smallest absolute Gasteiger partial charge is 0.417 e. The van der Waals surface area contributed by atoms with Gasteiger partial charge in [-0.25, -0.2) is 9.59 Å². The van der Waals surface area contributed by atoms with Gasteiger partial charge < -0.3 is 15.2 Å². The first-order chi connectivity index (χ1) is 9.74. The largest absolute Gasteiger partial charge is 0.480 e. The van der Waals surface area contributed by atoms with Crippen LogP contribution in [0, 0.1) is 0 Å². The van der Waals surface area contributed by atoms with E-state index >= 15 is 0 Å². The highest BCUT2D eigenvalue weighted by molar-refractivity contribution is 7.10. The standard InChI is InChI=1S/C12H12F3NO4S/c1-2-3-20-11(19)16-9(10(17)18)5-8-4-7(6-21-8)12(13,14)15/h2,4,6,9H,1,3,5H2,(H,16,19)(H,17,18). The summed E-state index contributed by atoms with van der Waals surface area (Å²) in [6.07, 6.45) is -4.43. The zero-order chi connectivity index (χ0) is 16.0. The fourth-order valence-corrected chi connectivity index (χ4v) is 2.29. The number of ether oxygens (including phenoxy) is 1. The van der Waals surface area contributed by atoms with Crippen molar-refractivity contribution in [2.24, 2.45) is 0 Å². The molecule has 0 radical (unpaired) electrons. The Morgan fingerprint density at radius 1 is 1.52 bits per heavy atom. The van der Waals surface area contributed by atoms with E-state index in [9.17, 15) is 22.8 Å². The summed E-state index contributed by atoms with van der Waals surface area (Å²) < 4.78 is 41.9. The highest BCUT2D eigenvalue weighted by Gasteiger charge is 2.32. The van der Waals surface area contributed by atoms with E-state index in [4.69, 9.17) is 5.11 Å². The van der Waals surface area contributed by atoms with Crippen LogP contribution in [0.1, 0.15) is 10.4 Å². The first-order valence-corrected chi connectivity index (χ1v) is 6.53. The van der Waals surface area contributed by atoms with Gasteiger partial charge in [-0.3, -0.25) is 0 Å².